The third-order valence-corrected chi connectivity index (χ3v) is 7.13. The Morgan fingerprint density at radius 3 is 0.932 bits per heavy atom. The second-order valence-electron chi connectivity index (χ2n) is 10.9. The van der Waals surface area contributed by atoms with E-state index >= 15 is 0 Å². The SMILES string of the molecule is Cc1ccc(-c2ccc(C#N)cc2)cc1.Cc1cccc(-c2ccc(C#N)cc2)c1.Cc1cccc(-c2cccc(C)c2)c1. The molecule has 2 heteroatoms. The summed E-state index contributed by atoms with van der Waals surface area (Å²) in [5.74, 6) is 0. The molecule has 0 aliphatic carbocycles. The fraction of sp³-hybridized carbons (Fsp3) is 0.0952. The lowest BCUT2D eigenvalue weighted by Gasteiger charge is -2.03. The van der Waals surface area contributed by atoms with Gasteiger partial charge < -0.3 is 0 Å². The maximum Gasteiger partial charge on any atom is 0.0991 e. The first-order valence-electron chi connectivity index (χ1n) is 14.6. The van der Waals surface area contributed by atoms with Crippen LogP contribution in [-0.2, 0) is 0 Å². The first-order valence-corrected chi connectivity index (χ1v) is 14.6. The van der Waals surface area contributed by atoms with Crippen molar-refractivity contribution in [2.75, 3.05) is 0 Å². The summed E-state index contributed by atoms with van der Waals surface area (Å²) in [5.41, 5.74) is 13.8. The van der Waals surface area contributed by atoms with Gasteiger partial charge in [0.05, 0.1) is 23.3 Å². The van der Waals surface area contributed by atoms with Gasteiger partial charge >= 0.3 is 0 Å². The molecule has 0 fully saturated rings. The van der Waals surface area contributed by atoms with Gasteiger partial charge in [-0.15, -0.1) is 0 Å². The summed E-state index contributed by atoms with van der Waals surface area (Å²) in [6, 6.07) is 53.4. The molecule has 6 aromatic rings. The van der Waals surface area contributed by atoms with Gasteiger partial charge in [0.2, 0.25) is 0 Å². The topological polar surface area (TPSA) is 47.6 Å². The van der Waals surface area contributed by atoms with Crippen molar-refractivity contribution < 1.29 is 0 Å². The first-order chi connectivity index (χ1) is 21.3. The van der Waals surface area contributed by atoms with Gasteiger partial charge in [0.25, 0.3) is 0 Å². The van der Waals surface area contributed by atoms with Crippen molar-refractivity contribution in [2.45, 2.75) is 27.7 Å². The maximum absolute atomic E-state index is 8.69. The number of nitrogens with zero attached hydrogens (tertiary/aromatic N) is 2. The molecule has 0 aromatic heterocycles. The summed E-state index contributed by atoms with van der Waals surface area (Å²) >= 11 is 0. The number of hydrogen-bond acceptors (Lipinski definition) is 2. The highest BCUT2D eigenvalue weighted by atomic mass is 14.2. The van der Waals surface area contributed by atoms with Crippen LogP contribution in [0.1, 0.15) is 33.4 Å². The molecule has 0 radical (unpaired) electrons. The number of rotatable bonds is 3. The molecule has 0 saturated heterocycles. The molecule has 6 aromatic carbocycles. The molecule has 0 unspecified atom stereocenters. The summed E-state index contributed by atoms with van der Waals surface area (Å²) < 4.78 is 0. The van der Waals surface area contributed by atoms with Crippen LogP contribution in [0.15, 0.2) is 146 Å². The van der Waals surface area contributed by atoms with Crippen molar-refractivity contribution in [2.24, 2.45) is 0 Å². The monoisotopic (exact) mass is 568 g/mol. The molecule has 0 amide bonds. The Labute approximate surface area is 262 Å². The summed E-state index contributed by atoms with van der Waals surface area (Å²) in [5, 5.41) is 17.4. The number of aryl methyl sites for hydroxylation is 4. The van der Waals surface area contributed by atoms with Crippen LogP contribution in [0.5, 0.6) is 0 Å². The molecule has 0 saturated carbocycles. The molecule has 0 heterocycles. The summed E-state index contributed by atoms with van der Waals surface area (Å²) in [4.78, 5) is 0. The lowest BCUT2D eigenvalue weighted by Crippen LogP contribution is -1.80. The third kappa shape index (κ3) is 9.15. The first kappa shape index (κ1) is 31.2. The lowest BCUT2D eigenvalue weighted by atomic mass is 10.0. The largest absolute Gasteiger partial charge is 0.192 e. The van der Waals surface area contributed by atoms with E-state index in [4.69, 9.17) is 10.5 Å². The van der Waals surface area contributed by atoms with Gasteiger partial charge in [0.1, 0.15) is 0 Å². The van der Waals surface area contributed by atoms with E-state index in [0.29, 0.717) is 11.1 Å². The summed E-state index contributed by atoms with van der Waals surface area (Å²) in [7, 11) is 0. The van der Waals surface area contributed by atoms with Crippen molar-refractivity contribution >= 4 is 0 Å². The molecule has 214 valence electrons. The van der Waals surface area contributed by atoms with Crippen LogP contribution in [0, 0.1) is 50.4 Å². The van der Waals surface area contributed by atoms with Crippen LogP contribution in [0.25, 0.3) is 33.4 Å². The standard InChI is InChI=1S/2C14H11N.C14H14/c1-11-2-6-13(7-3-11)14-8-4-12(10-15)5-9-14;1-11-3-2-4-14(9-11)13-7-5-12(10-15)6-8-13;1-11-5-3-7-13(9-11)14-8-4-6-12(2)10-14/h2*2-9H,1H3;3-10H,1-2H3. The molecule has 0 aliphatic rings. The van der Waals surface area contributed by atoms with E-state index in [0.717, 1.165) is 11.1 Å². The molecule has 0 aliphatic heterocycles. The van der Waals surface area contributed by atoms with Crippen molar-refractivity contribution in [1.29, 1.82) is 10.5 Å². The highest BCUT2D eigenvalue weighted by Crippen LogP contribution is 2.22. The van der Waals surface area contributed by atoms with Gasteiger partial charge in [0, 0.05) is 0 Å². The minimum Gasteiger partial charge on any atom is -0.192 e. The van der Waals surface area contributed by atoms with Gasteiger partial charge in [-0.2, -0.15) is 10.5 Å². The van der Waals surface area contributed by atoms with E-state index in [1.54, 1.807) is 0 Å². The van der Waals surface area contributed by atoms with Crippen LogP contribution in [0.4, 0.5) is 0 Å². The average Bonchev–Trinajstić information content (AvgIpc) is 3.06. The molecule has 2 nitrogen and oxygen atoms in total. The molecule has 44 heavy (non-hydrogen) atoms. The van der Waals surface area contributed by atoms with Crippen molar-refractivity contribution in [3.05, 3.63) is 179 Å². The van der Waals surface area contributed by atoms with Crippen LogP contribution in [0.2, 0.25) is 0 Å². The van der Waals surface area contributed by atoms with Gasteiger partial charge in [-0.25, -0.2) is 0 Å². The molecule has 6 rings (SSSR count). The highest BCUT2D eigenvalue weighted by Gasteiger charge is 1.99. The van der Waals surface area contributed by atoms with Crippen molar-refractivity contribution in [1.82, 2.24) is 0 Å². The van der Waals surface area contributed by atoms with Crippen LogP contribution in [-0.4, -0.2) is 0 Å². The summed E-state index contributed by atoms with van der Waals surface area (Å²) in [6.07, 6.45) is 0. The van der Waals surface area contributed by atoms with Crippen molar-refractivity contribution in [3.8, 4) is 45.5 Å². The number of nitriles is 2. The Kier molecular flexibility index (Phi) is 11.0. The molecular formula is C42H36N2. The smallest absolute Gasteiger partial charge is 0.0991 e. The van der Waals surface area contributed by atoms with Gasteiger partial charge in [-0.1, -0.05) is 144 Å². The summed E-state index contributed by atoms with van der Waals surface area (Å²) in [6.45, 7) is 8.40. The Balaban J connectivity index is 0.000000151. The molecule has 0 atom stereocenters. The van der Waals surface area contributed by atoms with Gasteiger partial charge in [-0.05, 0) is 85.3 Å². The fourth-order valence-electron chi connectivity index (χ4n) is 4.69. The zero-order valence-corrected chi connectivity index (χ0v) is 25.8. The van der Waals surface area contributed by atoms with Crippen LogP contribution in [0.3, 0.4) is 0 Å². The Bertz CT molecular complexity index is 1840. The molecule has 0 N–H and O–H groups in total. The predicted molar refractivity (Wildman–Crippen MR) is 184 cm³/mol. The Morgan fingerprint density at radius 2 is 0.614 bits per heavy atom. The fourth-order valence-corrected chi connectivity index (χ4v) is 4.69. The van der Waals surface area contributed by atoms with Crippen molar-refractivity contribution in [3.63, 3.8) is 0 Å². The third-order valence-electron chi connectivity index (χ3n) is 7.13. The minimum atomic E-state index is 0.700. The van der Waals surface area contributed by atoms with Crippen LogP contribution >= 0.6 is 0 Å². The van der Waals surface area contributed by atoms with E-state index in [1.807, 2.05) is 54.6 Å². The molecule has 0 spiro atoms. The number of hydrogen-bond donors (Lipinski definition) is 0. The normalized spacial score (nSPS) is 9.77. The minimum absolute atomic E-state index is 0.700. The zero-order chi connectivity index (χ0) is 31.3. The Morgan fingerprint density at radius 1 is 0.318 bits per heavy atom. The van der Waals surface area contributed by atoms with E-state index < -0.39 is 0 Å². The van der Waals surface area contributed by atoms with Gasteiger partial charge in [0.15, 0.2) is 0 Å². The second-order valence-corrected chi connectivity index (χ2v) is 10.9. The zero-order valence-electron chi connectivity index (χ0n) is 25.8. The quantitative estimate of drug-likeness (QED) is 0.213. The second kappa shape index (κ2) is 15.5. The molecule has 0 bridgehead atoms. The predicted octanol–water partition coefficient (Wildman–Crippen LogP) is 11.0. The highest BCUT2D eigenvalue weighted by molar-refractivity contribution is 5.66. The van der Waals surface area contributed by atoms with E-state index in [9.17, 15) is 0 Å². The van der Waals surface area contributed by atoms with E-state index in [1.165, 1.54) is 44.5 Å². The van der Waals surface area contributed by atoms with E-state index in [-0.39, 0.29) is 0 Å². The number of benzene rings is 6. The van der Waals surface area contributed by atoms with E-state index in [2.05, 4.69) is 131 Å². The maximum atomic E-state index is 8.69. The van der Waals surface area contributed by atoms with Crippen LogP contribution < -0.4 is 0 Å². The Hall–Kier alpha value is -5.70. The van der Waals surface area contributed by atoms with Gasteiger partial charge in [-0.3, -0.25) is 0 Å². The average molecular weight is 569 g/mol. The molecular weight excluding hydrogens is 532 g/mol. The lowest BCUT2D eigenvalue weighted by molar-refractivity contribution is 1.44.